The molecule has 0 fully saturated rings. The molecule has 2 aromatic rings. The highest BCUT2D eigenvalue weighted by molar-refractivity contribution is 7.89. The zero-order chi connectivity index (χ0) is 14.6. The number of H-pyrrole nitrogens is 1. The molecule has 9 heteroatoms. The first-order valence-electron chi connectivity index (χ1n) is 5.60. The summed E-state index contributed by atoms with van der Waals surface area (Å²) in [5.74, 6) is 0. The lowest BCUT2D eigenvalue weighted by Crippen LogP contribution is -2.28. The standard InChI is InChI=1S/C11H13N5O3S/c12-20(18,19)10-3-1-2-8(4-10)5-13-11(17)16-9-6-14-15-7-9/h1-4,6-7H,5H2,(H,14,15)(H2,12,18,19)(H2,13,16,17). The highest BCUT2D eigenvalue weighted by Crippen LogP contribution is 2.09. The van der Waals surface area contributed by atoms with E-state index in [2.05, 4.69) is 20.8 Å². The minimum Gasteiger partial charge on any atom is -0.334 e. The van der Waals surface area contributed by atoms with Gasteiger partial charge in [0.2, 0.25) is 10.0 Å². The van der Waals surface area contributed by atoms with Gasteiger partial charge in [-0.25, -0.2) is 18.4 Å². The number of aromatic amines is 1. The van der Waals surface area contributed by atoms with E-state index >= 15 is 0 Å². The Bertz CT molecular complexity index is 697. The molecule has 0 aliphatic rings. The molecule has 0 radical (unpaired) electrons. The lowest BCUT2D eigenvalue weighted by Gasteiger charge is -2.07. The first-order valence-corrected chi connectivity index (χ1v) is 7.15. The minimum absolute atomic E-state index is 0.00652. The molecule has 20 heavy (non-hydrogen) atoms. The number of sulfonamides is 1. The molecule has 1 heterocycles. The summed E-state index contributed by atoms with van der Waals surface area (Å²) in [4.78, 5) is 11.6. The summed E-state index contributed by atoms with van der Waals surface area (Å²) >= 11 is 0. The molecule has 2 amide bonds. The number of primary sulfonamides is 1. The topological polar surface area (TPSA) is 130 Å². The maximum absolute atomic E-state index is 11.6. The number of rotatable bonds is 4. The number of benzene rings is 1. The van der Waals surface area contributed by atoms with Crippen LogP contribution in [0.1, 0.15) is 5.56 Å². The predicted molar refractivity (Wildman–Crippen MR) is 72.3 cm³/mol. The highest BCUT2D eigenvalue weighted by atomic mass is 32.2. The van der Waals surface area contributed by atoms with E-state index in [0.29, 0.717) is 11.3 Å². The quantitative estimate of drug-likeness (QED) is 0.649. The van der Waals surface area contributed by atoms with Crippen LogP contribution in [0.5, 0.6) is 0 Å². The summed E-state index contributed by atoms with van der Waals surface area (Å²) in [6.45, 7) is 0.174. The van der Waals surface area contributed by atoms with Crippen molar-refractivity contribution in [2.45, 2.75) is 11.4 Å². The van der Waals surface area contributed by atoms with Gasteiger partial charge >= 0.3 is 6.03 Å². The Hall–Kier alpha value is -2.39. The lowest BCUT2D eigenvalue weighted by molar-refractivity contribution is 0.251. The second-order valence-corrected chi connectivity index (χ2v) is 5.55. The summed E-state index contributed by atoms with van der Waals surface area (Å²) in [5.41, 5.74) is 1.15. The smallest absolute Gasteiger partial charge is 0.319 e. The molecule has 0 aliphatic heterocycles. The van der Waals surface area contributed by atoms with Crippen LogP contribution < -0.4 is 15.8 Å². The van der Waals surface area contributed by atoms with Gasteiger partial charge in [0, 0.05) is 12.7 Å². The van der Waals surface area contributed by atoms with Crippen molar-refractivity contribution in [3.8, 4) is 0 Å². The first-order chi connectivity index (χ1) is 9.45. The second-order valence-electron chi connectivity index (χ2n) is 3.99. The third-order valence-electron chi connectivity index (χ3n) is 2.44. The van der Waals surface area contributed by atoms with Crippen LogP contribution in [0.2, 0.25) is 0 Å². The largest absolute Gasteiger partial charge is 0.334 e. The average molecular weight is 295 g/mol. The van der Waals surface area contributed by atoms with Gasteiger partial charge in [0.15, 0.2) is 0 Å². The van der Waals surface area contributed by atoms with Gasteiger partial charge in [-0.3, -0.25) is 5.10 Å². The third kappa shape index (κ3) is 3.80. The van der Waals surface area contributed by atoms with E-state index in [0.717, 1.165) is 0 Å². The molecule has 1 aromatic heterocycles. The third-order valence-corrected chi connectivity index (χ3v) is 3.35. The zero-order valence-corrected chi connectivity index (χ0v) is 11.1. The Morgan fingerprint density at radius 1 is 1.40 bits per heavy atom. The summed E-state index contributed by atoms with van der Waals surface area (Å²) in [6, 6.07) is 5.63. The second kappa shape index (κ2) is 5.72. The summed E-state index contributed by atoms with van der Waals surface area (Å²) in [5, 5.41) is 16.4. The highest BCUT2D eigenvalue weighted by Gasteiger charge is 2.08. The van der Waals surface area contributed by atoms with E-state index in [1.807, 2.05) is 0 Å². The number of aromatic nitrogens is 2. The maximum atomic E-state index is 11.6. The van der Waals surface area contributed by atoms with Gasteiger partial charge in [-0.1, -0.05) is 12.1 Å². The fourth-order valence-electron chi connectivity index (χ4n) is 1.51. The van der Waals surface area contributed by atoms with Crippen LogP contribution in [-0.2, 0) is 16.6 Å². The molecule has 0 aliphatic carbocycles. The van der Waals surface area contributed by atoms with E-state index in [9.17, 15) is 13.2 Å². The number of amides is 2. The average Bonchev–Trinajstić information content (AvgIpc) is 2.88. The van der Waals surface area contributed by atoms with Gasteiger partial charge in [0.25, 0.3) is 0 Å². The number of nitrogens with zero attached hydrogens (tertiary/aromatic N) is 1. The van der Waals surface area contributed by atoms with E-state index < -0.39 is 16.1 Å². The van der Waals surface area contributed by atoms with Crippen molar-refractivity contribution in [2.75, 3.05) is 5.32 Å². The molecule has 0 bridgehead atoms. The molecule has 2 rings (SSSR count). The van der Waals surface area contributed by atoms with Gasteiger partial charge in [-0.15, -0.1) is 0 Å². The van der Waals surface area contributed by atoms with Crippen molar-refractivity contribution < 1.29 is 13.2 Å². The lowest BCUT2D eigenvalue weighted by atomic mass is 10.2. The molecule has 1 aromatic carbocycles. The Balaban J connectivity index is 1.96. The summed E-state index contributed by atoms with van der Waals surface area (Å²) in [6.07, 6.45) is 2.99. The van der Waals surface area contributed by atoms with Crippen LogP contribution in [0.15, 0.2) is 41.6 Å². The number of hydrogen-bond acceptors (Lipinski definition) is 4. The number of hydrogen-bond donors (Lipinski definition) is 4. The number of anilines is 1. The minimum atomic E-state index is -3.75. The van der Waals surface area contributed by atoms with Crippen molar-refractivity contribution >= 4 is 21.7 Å². The van der Waals surface area contributed by atoms with E-state index in [-0.39, 0.29) is 11.4 Å². The number of urea groups is 1. The molecule has 5 N–H and O–H groups in total. The van der Waals surface area contributed by atoms with Crippen LogP contribution in [0.25, 0.3) is 0 Å². The molecule has 0 saturated carbocycles. The number of nitrogens with two attached hydrogens (primary N) is 1. The molecule has 106 valence electrons. The molecule has 0 unspecified atom stereocenters. The number of carbonyl (C=O) groups is 1. The van der Waals surface area contributed by atoms with Crippen LogP contribution in [0.3, 0.4) is 0 Å². The van der Waals surface area contributed by atoms with Gasteiger partial charge < -0.3 is 10.6 Å². The Kier molecular flexibility index (Phi) is 4.01. The Labute approximate surface area is 115 Å². The number of carbonyl (C=O) groups excluding carboxylic acids is 1. The summed E-state index contributed by atoms with van der Waals surface area (Å²) in [7, 11) is -3.75. The van der Waals surface area contributed by atoms with Crippen LogP contribution in [0, 0.1) is 0 Å². The molecule has 0 atom stereocenters. The van der Waals surface area contributed by atoms with E-state index in [1.54, 1.807) is 12.1 Å². The van der Waals surface area contributed by atoms with Gasteiger partial charge in [0.1, 0.15) is 0 Å². The van der Waals surface area contributed by atoms with E-state index in [1.165, 1.54) is 24.5 Å². The Morgan fingerprint density at radius 2 is 2.20 bits per heavy atom. The molecule has 0 spiro atoms. The fraction of sp³-hybridized carbons (Fsp3) is 0.0909. The SMILES string of the molecule is NS(=O)(=O)c1cccc(CNC(=O)Nc2cn[nH]c2)c1. The van der Waals surface area contributed by atoms with Gasteiger partial charge in [-0.05, 0) is 17.7 Å². The fourth-order valence-corrected chi connectivity index (χ4v) is 2.09. The predicted octanol–water partition coefficient (Wildman–Crippen LogP) is 0.379. The monoisotopic (exact) mass is 295 g/mol. The van der Waals surface area contributed by atoms with Gasteiger partial charge in [-0.2, -0.15) is 5.10 Å². The van der Waals surface area contributed by atoms with Crippen molar-refractivity contribution in [1.82, 2.24) is 15.5 Å². The molecule has 8 nitrogen and oxygen atoms in total. The zero-order valence-electron chi connectivity index (χ0n) is 10.3. The van der Waals surface area contributed by atoms with Crippen LogP contribution >= 0.6 is 0 Å². The van der Waals surface area contributed by atoms with Crippen LogP contribution in [-0.4, -0.2) is 24.6 Å². The van der Waals surface area contributed by atoms with Gasteiger partial charge in [0.05, 0.1) is 16.8 Å². The first kappa shape index (κ1) is 14.0. The maximum Gasteiger partial charge on any atom is 0.319 e. The van der Waals surface area contributed by atoms with Crippen molar-refractivity contribution in [2.24, 2.45) is 5.14 Å². The van der Waals surface area contributed by atoms with Crippen molar-refractivity contribution in [1.29, 1.82) is 0 Å². The molecule has 0 saturated heterocycles. The Morgan fingerprint density at radius 3 is 2.85 bits per heavy atom. The molecular formula is C11H13N5O3S. The molecular weight excluding hydrogens is 282 g/mol. The van der Waals surface area contributed by atoms with Crippen molar-refractivity contribution in [3.05, 3.63) is 42.2 Å². The van der Waals surface area contributed by atoms with Crippen molar-refractivity contribution in [3.63, 3.8) is 0 Å². The van der Waals surface area contributed by atoms with Crippen LogP contribution in [0.4, 0.5) is 10.5 Å². The van der Waals surface area contributed by atoms with E-state index in [4.69, 9.17) is 5.14 Å². The summed E-state index contributed by atoms with van der Waals surface area (Å²) < 4.78 is 22.4. The normalized spacial score (nSPS) is 11.1. The number of nitrogens with one attached hydrogen (secondary N) is 3.